The van der Waals surface area contributed by atoms with Gasteiger partial charge in [0.25, 0.3) is 0 Å². The van der Waals surface area contributed by atoms with E-state index in [1.807, 2.05) is 18.2 Å². The fourth-order valence-electron chi connectivity index (χ4n) is 2.77. The molecule has 5 heteroatoms. The number of rotatable bonds is 5. The number of likely N-dealkylation sites (tertiary alicyclic amines) is 1. The van der Waals surface area contributed by atoms with Gasteiger partial charge in [0.15, 0.2) is 0 Å². The van der Waals surface area contributed by atoms with E-state index in [-0.39, 0.29) is 11.8 Å². The van der Waals surface area contributed by atoms with E-state index in [9.17, 15) is 4.79 Å². The molecule has 1 aromatic carbocycles. The van der Waals surface area contributed by atoms with Crippen LogP contribution in [0.2, 0.25) is 10.0 Å². The molecule has 122 valence electrons. The largest absolute Gasteiger partial charge is 0.356 e. The highest BCUT2D eigenvalue weighted by Crippen LogP contribution is 2.27. The van der Waals surface area contributed by atoms with E-state index >= 15 is 0 Å². The van der Waals surface area contributed by atoms with Crippen molar-refractivity contribution in [3.8, 4) is 0 Å². The lowest BCUT2D eigenvalue weighted by Crippen LogP contribution is -2.43. The van der Waals surface area contributed by atoms with Crippen LogP contribution in [0, 0.1) is 11.8 Å². The van der Waals surface area contributed by atoms with Crippen molar-refractivity contribution in [1.29, 1.82) is 0 Å². The molecular weight excluding hydrogens is 319 g/mol. The quantitative estimate of drug-likeness (QED) is 0.877. The molecule has 0 saturated carbocycles. The zero-order valence-electron chi connectivity index (χ0n) is 13.2. The second kappa shape index (κ2) is 8.19. The third-order valence-corrected chi connectivity index (χ3v) is 4.71. The minimum absolute atomic E-state index is 0.0637. The molecule has 1 fully saturated rings. The number of benzene rings is 1. The molecule has 1 atom stereocenters. The first-order chi connectivity index (χ1) is 10.5. The zero-order valence-corrected chi connectivity index (χ0v) is 14.8. The lowest BCUT2D eigenvalue weighted by Gasteiger charge is -2.32. The molecule has 1 aliphatic rings. The molecule has 0 spiro atoms. The van der Waals surface area contributed by atoms with E-state index in [0.29, 0.717) is 22.5 Å². The molecule has 22 heavy (non-hydrogen) atoms. The van der Waals surface area contributed by atoms with Crippen LogP contribution in [0.1, 0.15) is 32.3 Å². The minimum atomic E-state index is 0.0637. The van der Waals surface area contributed by atoms with Crippen LogP contribution in [0.4, 0.5) is 0 Å². The summed E-state index contributed by atoms with van der Waals surface area (Å²) in [4.78, 5) is 14.5. The maximum Gasteiger partial charge on any atom is 0.224 e. The maximum atomic E-state index is 12.2. The van der Waals surface area contributed by atoms with Crippen LogP contribution >= 0.6 is 23.2 Å². The number of piperidine rings is 1. The summed E-state index contributed by atoms with van der Waals surface area (Å²) < 4.78 is 0. The highest BCUT2D eigenvalue weighted by atomic mass is 35.5. The van der Waals surface area contributed by atoms with Gasteiger partial charge >= 0.3 is 0 Å². The number of carbonyl (C=O) groups is 1. The summed E-state index contributed by atoms with van der Waals surface area (Å²) in [6.45, 7) is 7.40. The second-order valence-corrected chi connectivity index (χ2v) is 7.23. The molecule has 0 aromatic heterocycles. The molecule has 1 unspecified atom stereocenters. The highest BCUT2D eigenvalue weighted by molar-refractivity contribution is 6.35. The van der Waals surface area contributed by atoms with Gasteiger partial charge in [-0.3, -0.25) is 9.69 Å². The number of nitrogens with one attached hydrogen (secondary N) is 1. The minimum Gasteiger partial charge on any atom is -0.356 e. The summed E-state index contributed by atoms with van der Waals surface area (Å²) in [6, 6.07) is 5.58. The van der Waals surface area contributed by atoms with Crippen LogP contribution in [0.15, 0.2) is 18.2 Å². The van der Waals surface area contributed by atoms with Gasteiger partial charge < -0.3 is 5.32 Å². The van der Waals surface area contributed by atoms with Crippen molar-refractivity contribution in [2.45, 2.75) is 33.2 Å². The van der Waals surface area contributed by atoms with Crippen molar-refractivity contribution in [3.63, 3.8) is 0 Å². The van der Waals surface area contributed by atoms with Crippen molar-refractivity contribution in [1.82, 2.24) is 10.2 Å². The first kappa shape index (κ1) is 17.6. The first-order valence-electron chi connectivity index (χ1n) is 7.90. The SMILES string of the molecule is CC(C)CNC(=O)C1CCCN(Cc2c(Cl)cccc2Cl)C1. The number of hydrogen-bond donors (Lipinski definition) is 1. The van der Waals surface area contributed by atoms with E-state index in [0.717, 1.165) is 38.0 Å². The summed E-state index contributed by atoms with van der Waals surface area (Å²) in [5.74, 6) is 0.711. The molecule has 2 rings (SSSR count). The zero-order chi connectivity index (χ0) is 16.1. The third-order valence-electron chi connectivity index (χ3n) is 4.00. The maximum absolute atomic E-state index is 12.2. The lowest BCUT2D eigenvalue weighted by atomic mass is 9.96. The van der Waals surface area contributed by atoms with Crippen molar-refractivity contribution in [2.75, 3.05) is 19.6 Å². The van der Waals surface area contributed by atoms with Gasteiger partial charge in [0.1, 0.15) is 0 Å². The fraction of sp³-hybridized carbons (Fsp3) is 0.588. The molecule has 0 aliphatic carbocycles. The average molecular weight is 343 g/mol. The summed E-state index contributed by atoms with van der Waals surface area (Å²) >= 11 is 12.5. The average Bonchev–Trinajstić information content (AvgIpc) is 2.49. The number of carbonyl (C=O) groups excluding carboxylic acids is 1. The van der Waals surface area contributed by atoms with Gasteiger partial charge in [-0.25, -0.2) is 0 Å². The molecule has 1 N–H and O–H groups in total. The highest BCUT2D eigenvalue weighted by Gasteiger charge is 2.26. The van der Waals surface area contributed by atoms with Gasteiger partial charge in [-0.05, 0) is 37.4 Å². The van der Waals surface area contributed by atoms with Crippen LogP contribution in [-0.2, 0) is 11.3 Å². The molecule has 1 amide bonds. The number of hydrogen-bond acceptors (Lipinski definition) is 2. The number of nitrogens with zero attached hydrogens (tertiary/aromatic N) is 1. The molecule has 1 heterocycles. The Labute approximate surface area is 143 Å². The Kier molecular flexibility index (Phi) is 6.54. The van der Waals surface area contributed by atoms with Gasteiger partial charge in [-0.15, -0.1) is 0 Å². The van der Waals surface area contributed by atoms with Crippen LogP contribution in [-0.4, -0.2) is 30.4 Å². The third kappa shape index (κ3) is 4.87. The van der Waals surface area contributed by atoms with Crippen LogP contribution in [0.5, 0.6) is 0 Å². The first-order valence-corrected chi connectivity index (χ1v) is 8.66. The molecule has 1 aromatic rings. The molecule has 0 radical (unpaired) electrons. The lowest BCUT2D eigenvalue weighted by molar-refractivity contribution is -0.126. The topological polar surface area (TPSA) is 32.3 Å². The Bertz CT molecular complexity index is 499. The van der Waals surface area contributed by atoms with Crippen molar-refractivity contribution in [3.05, 3.63) is 33.8 Å². The predicted molar refractivity (Wildman–Crippen MR) is 92.3 cm³/mol. The molecule has 1 saturated heterocycles. The van der Waals surface area contributed by atoms with Crippen molar-refractivity contribution in [2.24, 2.45) is 11.8 Å². The van der Waals surface area contributed by atoms with Crippen LogP contribution < -0.4 is 5.32 Å². The van der Waals surface area contributed by atoms with Gasteiger partial charge in [-0.1, -0.05) is 43.1 Å². The van der Waals surface area contributed by atoms with Crippen molar-refractivity contribution < 1.29 is 4.79 Å². The summed E-state index contributed by atoms with van der Waals surface area (Å²) in [5.41, 5.74) is 0.953. The Hall–Kier alpha value is -0.770. The van der Waals surface area contributed by atoms with Crippen LogP contribution in [0.25, 0.3) is 0 Å². The van der Waals surface area contributed by atoms with Gasteiger partial charge in [-0.2, -0.15) is 0 Å². The molecule has 1 aliphatic heterocycles. The summed E-state index contributed by atoms with van der Waals surface area (Å²) in [7, 11) is 0. The van der Waals surface area contributed by atoms with E-state index in [1.165, 1.54) is 0 Å². The molecular formula is C17H24Cl2N2O. The van der Waals surface area contributed by atoms with E-state index in [2.05, 4.69) is 24.1 Å². The Morgan fingerprint density at radius 2 is 2.05 bits per heavy atom. The Balaban J connectivity index is 1.94. The summed E-state index contributed by atoms with van der Waals surface area (Å²) in [6.07, 6.45) is 1.98. The number of halogens is 2. The summed E-state index contributed by atoms with van der Waals surface area (Å²) in [5, 5.41) is 4.43. The smallest absolute Gasteiger partial charge is 0.224 e. The number of amides is 1. The van der Waals surface area contributed by atoms with E-state index < -0.39 is 0 Å². The standard InChI is InChI=1S/C17H24Cl2N2O/c1-12(2)9-20-17(22)13-5-4-8-21(10-13)11-14-15(18)6-3-7-16(14)19/h3,6-7,12-13H,4-5,8-11H2,1-2H3,(H,20,22). The molecule has 3 nitrogen and oxygen atoms in total. The van der Waals surface area contributed by atoms with Gasteiger partial charge in [0.05, 0.1) is 5.92 Å². The molecule has 0 bridgehead atoms. The van der Waals surface area contributed by atoms with Gasteiger partial charge in [0.2, 0.25) is 5.91 Å². The predicted octanol–water partition coefficient (Wildman–Crippen LogP) is 3.98. The Morgan fingerprint density at radius 3 is 2.68 bits per heavy atom. The van der Waals surface area contributed by atoms with Gasteiger partial charge in [0, 0.05) is 35.2 Å². The normalized spacial score (nSPS) is 19.4. The van der Waals surface area contributed by atoms with E-state index in [1.54, 1.807) is 0 Å². The van der Waals surface area contributed by atoms with E-state index in [4.69, 9.17) is 23.2 Å². The Morgan fingerprint density at radius 1 is 1.36 bits per heavy atom. The fourth-order valence-corrected chi connectivity index (χ4v) is 3.29. The van der Waals surface area contributed by atoms with Crippen LogP contribution in [0.3, 0.4) is 0 Å². The second-order valence-electron chi connectivity index (χ2n) is 6.41. The monoisotopic (exact) mass is 342 g/mol. The van der Waals surface area contributed by atoms with Crippen molar-refractivity contribution >= 4 is 29.1 Å².